The number of rotatable bonds is 12. The molecule has 2 aromatic carbocycles. The van der Waals surface area contributed by atoms with Crippen LogP contribution >= 0.6 is 11.8 Å². The van der Waals surface area contributed by atoms with Crippen molar-refractivity contribution in [3.8, 4) is 5.75 Å². The third kappa shape index (κ3) is 6.99. The van der Waals surface area contributed by atoms with Crippen molar-refractivity contribution in [2.45, 2.75) is 35.5 Å². The van der Waals surface area contributed by atoms with Crippen molar-refractivity contribution in [2.75, 3.05) is 13.7 Å². The van der Waals surface area contributed by atoms with Gasteiger partial charge in [0.2, 0.25) is 5.91 Å². The zero-order valence-electron chi connectivity index (χ0n) is 20.9. The summed E-state index contributed by atoms with van der Waals surface area (Å²) < 4.78 is 5.96. The molecule has 0 atom stereocenters. The number of aromatic amines is 1. The third-order valence-corrected chi connectivity index (χ3v) is 6.81. The summed E-state index contributed by atoms with van der Waals surface area (Å²) in [6.07, 6.45) is 7.99. The summed E-state index contributed by atoms with van der Waals surface area (Å²) >= 11 is 1.47. The number of hydrogen-bond acceptors (Lipinski definition) is 7. The highest BCUT2D eigenvalue weighted by Crippen LogP contribution is 2.36. The predicted octanol–water partition coefficient (Wildman–Crippen LogP) is 5.08. The van der Waals surface area contributed by atoms with E-state index in [0.717, 1.165) is 44.9 Å². The molecule has 0 saturated carbocycles. The molecule has 0 unspecified atom stereocenters. The number of pyridine rings is 1. The minimum Gasteiger partial charge on any atom is -0.493 e. The average molecular weight is 532 g/mol. The second kappa shape index (κ2) is 13.4. The molecule has 0 aliphatic heterocycles. The minimum atomic E-state index is -0.400. The molecule has 0 aliphatic rings. The first kappa shape index (κ1) is 26.9. The van der Waals surface area contributed by atoms with Crippen molar-refractivity contribution in [1.82, 2.24) is 26.0 Å². The molecule has 4 aromatic rings. The molecule has 4 N–H and O–H groups in total. The molecule has 2 aromatic heterocycles. The van der Waals surface area contributed by atoms with Crippen LogP contribution in [0, 0.1) is 0 Å². The number of aromatic nitrogens is 3. The van der Waals surface area contributed by atoms with Crippen molar-refractivity contribution >= 4 is 46.6 Å². The maximum atomic E-state index is 12.8. The van der Waals surface area contributed by atoms with Crippen LogP contribution in [0.1, 0.15) is 47.4 Å². The lowest BCUT2D eigenvalue weighted by Crippen LogP contribution is -2.20. The summed E-state index contributed by atoms with van der Waals surface area (Å²) in [5.74, 6) is -0.123. The second-order valence-electron chi connectivity index (χ2n) is 8.41. The van der Waals surface area contributed by atoms with E-state index >= 15 is 0 Å². The van der Waals surface area contributed by atoms with E-state index in [9.17, 15) is 9.59 Å². The largest absolute Gasteiger partial charge is 0.493 e. The Morgan fingerprint density at radius 3 is 2.76 bits per heavy atom. The van der Waals surface area contributed by atoms with Gasteiger partial charge >= 0.3 is 0 Å². The summed E-state index contributed by atoms with van der Waals surface area (Å²) in [6.45, 7) is 0.410. The first-order valence-electron chi connectivity index (χ1n) is 12.2. The zero-order valence-corrected chi connectivity index (χ0v) is 21.8. The average Bonchev–Trinajstić information content (AvgIpc) is 3.36. The van der Waals surface area contributed by atoms with Crippen LogP contribution in [0.2, 0.25) is 0 Å². The lowest BCUT2D eigenvalue weighted by atomic mass is 10.1. The number of nitrogens with zero attached hydrogens (tertiary/aromatic N) is 2. The standard InChI is InChI=1S/C28H29N5O4S/c1-29-28(35)27-24(37-17-6-2-3-11-26(34)33-36)9-7-10-25(27)38-20-13-14-21-22(31-32-23(21)18-20)15-12-19-8-4-5-16-30-19/h4-5,7-10,12-16,18,36H,2-3,6,11,17H2,1H3,(H,29,35)(H,31,32)(H,33,34). The Morgan fingerprint density at radius 1 is 1.08 bits per heavy atom. The highest BCUT2D eigenvalue weighted by Gasteiger charge is 2.18. The Labute approximate surface area is 224 Å². The quantitative estimate of drug-likeness (QED) is 0.114. The molecule has 38 heavy (non-hydrogen) atoms. The van der Waals surface area contributed by atoms with Crippen molar-refractivity contribution in [1.29, 1.82) is 0 Å². The Kier molecular flexibility index (Phi) is 9.49. The summed E-state index contributed by atoms with van der Waals surface area (Å²) in [6, 6.07) is 17.3. The maximum Gasteiger partial charge on any atom is 0.255 e. The van der Waals surface area contributed by atoms with Gasteiger partial charge in [-0.25, -0.2) is 5.48 Å². The second-order valence-corrected chi connectivity index (χ2v) is 9.52. The molecule has 2 amide bonds. The van der Waals surface area contributed by atoms with E-state index in [2.05, 4.69) is 20.5 Å². The number of H-pyrrole nitrogens is 1. The summed E-state index contributed by atoms with van der Waals surface area (Å²) in [4.78, 5) is 29.9. The van der Waals surface area contributed by atoms with Crippen LogP contribution in [0.4, 0.5) is 0 Å². The van der Waals surface area contributed by atoms with Gasteiger partial charge in [-0.3, -0.25) is 24.9 Å². The Bertz CT molecular complexity index is 1420. The van der Waals surface area contributed by atoms with E-state index in [0.29, 0.717) is 24.3 Å². The topological polar surface area (TPSA) is 129 Å². The van der Waals surface area contributed by atoms with Crippen LogP contribution in [0.3, 0.4) is 0 Å². The van der Waals surface area contributed by atoms with Gasteiger partial charge in [0.15, 0.2) is 0 Å². The van der Waals surface area contributed by atoms with Crippen LogP contribution < -0.4 is 15.5 Å². The van der Waals surface area contributed by atoms with E-state index in [1.807, 2.05) is 60.7 Å². The number of ether oxygens (including phenoxy) is 1. The summed E-state index contributed by atoms with van der Waals surface area (Å²) in [5, 5.41) is 19.8. The van der Waals surface area contributed by atoms with Gasteiger partial charge < -0.3 is 10.1 Å². The number of hydrogen-bond donors (Lipinski definition) is 4. The van der Waals surface area contributed by atoms with Gasteiger partial charge in [-0.2, -0.15) is 5.10 Å². The summed E-state index contributed by atoms with van der Waals surface area (Å²) in [5.41, 5.74) is 4.67. The van der Waals surface area contributed by atoms with Gasteiger partial charge in [-0.05, 0) is 73.9 Å². The van der Waals surface area contributed by atoms with Gasteiger partial charge in [-0.15, -0.1) is 0 Å². The van der Waals surface area contributed by atoms with Crippen molar-refractivity contribution in [3.05, 3.63) is 77.7 Å². The fraction of sp³-hybridized carbons (Fsp3) is 0.214. The normalized spacial score (nSPS) is 11.1. The summed E-state index contributed by atoms with van der Waals surface area (Å²) in [7, 11) is 1.59. The molecule has 0 aliphatic carbocycles. The molecule has 0 bridgehead atoms. The van der Waals surface area contributed by atoms with Gasteiger partial charge in [0, 0.05) is 34.8 Å². The van der Waals surface area contributed by atoms with Crippen molar-refractivity contribution in [2.24, 2.45) is 0 Å². The van der Waals surface area contributed by atoms with Crippen molar-refractivity contribution in [3.63, 3.8) is 0 Å². The molecule has 10 heteroatoms. The number of unbranched alkanes of at least 4 members (excludes halogenated alkanes) is 2. The molecular weight excluding hydrogens is 502 g/mol. The van der Waals surface area contributed by atoms with Crippen molar-refractivity contribution < 1.29 is 19.5 Å². The van der Waals surface area contributed by atoms with E-state index in [-0.39, 0.29) is 12.3 Å². The zero-order chi connectivity index (χ0) is 26.7. The maximum absolute atomic E-state index is 12.8. The fourth-order valence-electron chi connectivity index (χ4n) is 3.84. The number of carbonyl (C=O) groups excluding carboxylic acids is 2. The van der Waals surface area contributed by atoms with E-state index in [1.165, 1.54) is 11.8 Å². The molecule has 4 rings (SSSR count). The fourth-order valence-corrected chi connectivity index (χ4v) is 4.85. The smallest absolute Gasteiger partial charge is 0.255 e. The van der Waals surface area contributed by atoms with Gasteiger partial charge in [-0.1, -0.05) is 23.9 Å². The van der Waals surface area contributed by atoms with Gasteiger partial charge in [0.1, 0.15) is 5.75 Å². The van der Waals surface area contributed by atoms with Crippen LogP contribution in [0.15, 0.2) is 70.6 Å². The molecule has 0 saturated heterocycles. The Morgan fingerprint density at radius 2 is 1.97 bits per heavy atom. The molecule has 9 nitrogen and oxygen atoms in total. The number of benzene rings is 2. The lowest BCUT2D eigenvalue weighted by Gasteiger charge is -2.14. The highest BCUT2D eigenvalue weighted by atomic mass is 32.2. The predicted molar refractivity (Wildman–Crippen MR) is 147 cm³/mol. The molecule has 0 spiro atoms. The van der Waals surface area contributed by atoms with Gasteiger partial charge in [0.05, 0.1) is 29.1 Å². The molecule has 2 heterocycles. The minimum absolute atomic E-state index is 0.229. The molecular formula is C28H29N5O4S. The monoisotopic (exact) mass is 531 g/mol. The van der Waals surface area contributed by atoms with E-state index in [4.69, 9.17) is 9.94 Å². The first-order valence-corrected chi connectivity index (χ1v) is 13.1. The van der Waals surface area contributed by atoms with Gasteiger partial charge in [0.25, 0.3) is 5.91 Å². The highest BCUT2D eigenvalue weighted by molar-refractivity contribution is 7.99. The number of nitrogens with one attached hydrogen (secondary N) is 3. The molecule has 0 radical (unpaired) electrons. The Hall–Kier alpha value is -4.15. The number of fused-ring (bicyclic) bond motifs is 1. The van der Waals surface area contributed by atoms with Crippen LogP contribution in [-0.2, 0) is 4.79 Å². The number of carbonyl (C=O) groups is 2. The van der Waals surface area contributed by atoms with E-state index < -0.39 is 5.91 Å². The third-order valence-electron chi connectivity index (χ3n) is 5.76. The molecule has 0 fully saturated rings. The van der Waals surface area contributed by atoms with Crippen LogP contribution in [0.25, 0.3) is 23.1 Å². The SMILES string of the molecule is CNC(=O)c1c(OCCCCCC(=O)NO)cccc1Sc1ccc2c(C=Cc3ccccn3)n[nH]c2c1. The van der Waals surface area contributed by atoms with Crippen LogP contribution in [-0.4, -0.2) is 45.9 Å². The first-order chi connectivity index (χ1) is 18.6. The van der Waals surface area contributed by atoms with Crippen LogP contribution in [0.5, 0.6) is 5.75 Å². The Balaban J connectivity index is 1.47. The lowest BCUT2D eigenvalue weighted by molar-refractivity contribution is -0.129. The number of hydroxylamine groups is 1. The number of amides is 2. The van der Waals surface area contributed by atoms with E-state index in [1.54, 1.807) is 24.8 Å². The molecule has 196 valence electrons.